The lowest BCUT2D eigenvalue weighted by molar-refractivity contribution is 0.564. The van der Waals surface area contributed by atoms with Crippen molar-refractivity contribution < 1.29 is 4.42 Å². The number of halogens is 1. The number of anilines is 1. The van der Waals surface area contributed by atoms with Crippen LogP contribution in [0.3, 0.4) is 0 Å². The van der Waals surface area contributed by atoms with E-state index >= 15 is 0 Å². The van der Waals surface area contributed by atoms with Crippen molar-refractivity contribution in [3.8, 4) is 0 Å². The van der Waals surface area contributed by atoms with Crippen LogP contribution >= 0.6 is 11.6 Å². The molecule has 0 saturated heterocycles. The normalized spacial score (nSPS) is 10.1. The maximum atomic E-state index is 5.85. The first-order valence-corrected chi connectivity index (χ1v) is 4.44. The van der Waals surface area contributed by atoms with Gasteiger partial charge in [-0.15, -0.1) is 0 Å². The van der Waals surface area contributed by atoms with Crippen molar-refractivity contribution in [3.63, 3.8) is 0 Å². The van der Waals surface area contributed by atoms with Gasteiger partial charge in [0.15, 0.2) is 0 Å². The van der Waals surface area contributed by atoms with E-state index in [1.54, 1.807) is 18.7 Å². The third kappa shape index (κ3) is 2.03. The van der Waals surface area contributed by atoms with Crippen molar-refractivity contribution in [2.24, 2.45) is 0 Å². The molecule has 2 heterocycles. The molecule has 0 aliphatic carbocycles. The van der Waals surface area contributed by atoms with Gasteiger partial charge in [0, 0.05) is 12.1 Å². The Bertz CT molecular complexity index is 402. The van der Waals surface area contributed by atoms with E-state index < -0.39 is 0 Å². The molecule has 0 spiro atoms. The lowest BCUT2D eigenvalue weighted by atomic mass is 10.3. The van der Waals surface area contributed by atoms with Crippen LogP contribution in [0.5, 0.6) is 0 Å². The van der Waals surface area contributed by atoms with Crippen LogP contribution in [0.2, 0.25) is 5.02 Å². The Morgan fingerprint density at radius 2 is 2.43 bits per heavy atom. The topological polar surface area (TPSA) is 51.0 Å². The lowest BCUT2D eigenvalue weighted by Gasteiger charge is -2.03. The highest BCUT2D eigenvalue weighted by Crippen LogP contribution is 2.16. The number of nitrogens with one attached hydrogen (secondary N) is 1. The Morgan fingerprint density at radius 1 is 1.50 bits per heavy atom. The Hall–Kier alpha value is -1.55. The van der Waals surface area contributed by atoms with Gasteiger partial charge in [0.25, 0.3) is 0 Å². The maximum absolute atomic E-state index is 5.85. The number of aromatic nitrogens is 2. The third-order valence-corrected chi connectivity index (χ3v) is 1.98. The molecule has 0 aliphatic rings. The zero-order valence-electron chi connectivity index (χ0n) is 7.27. The molecule has 0 amide bonds. The minimum absolute atomic E-state index is 0.510. The van der Waals surface area contributed by atoms with E-state index in [2.05, 4.69) is 15.3 Å². The number of rotatable bonds is 3. The molecular weight excluding hydrogens is 202 g/mol. The van der Waals surface area contributed by atoms with E-state index in [1.165, 1.54) is 6.33 Å². The summed E-state index contributed by atoms with van der Waals surface area (Å²) in [4.78, 5) is 7.78. The SMILES string of the molecule is Clc1cncnc1NCc1ccoc1. The van der Waals surface area contributed by atoms with E-state index in [-0.39, 0.29) is 0 Å². The van der Waals surface area contributed by atoms with E-state index in [4.69, 9.17) is 16.0 Å². The fourth-order valence-corrected chi connectivity index (χ4v) is 1.19. The van der Waals surface area contributed by atoms with Crippen LogP contribution in [-0.2, 0) is 6.54 Å². The Balaban J connectivity index is 2.02. The molecule has 4 nitrogen and oxygen atoms in total. The lowest BCUT2D eigenvalue weighted by Crippen LogP contribution is -2.00. The second-order valence-corrected chi connectivity index (χ2v) is 3.11. The molecule has 14 heavy (non-hydrogen) atoms. The highest BCUT2D eigenvalue weighted by Gasteiger charge is 2.00. The standard InChI is InChI=1S/C9H8ClN3O/c10-8-4-11-6-13-9(8)12-3-7-1-2-14-5-7/h1-2,4-6H,3H2,(H,11,12,13). The van der Waals surface area contributed by atoms with Crippen molar-refractivity contribution in [1.82, 2.24) is 9.97 Å². The number of hydrogen-bond donors (Lipinski definition) is 1. The zero-order chi connectivity index (χ0) is 9.80. The predicted octanol–water partition coefficient (Wildman–Crippen LogP) is 2.34. The van der Waals surface area contributed by atoms with Crippen molar-refractivity contribution in [3.05, 3.63) is 41.7 Å². The minimum atomic E-state index is 0.510. The Morgan fingerprint density at radius 3 is 3.14 bits per heavy atom. The quantitative estimate of drug-likeness (QED) is 0.843. The second-order valence-electron chi connectivity index (χ2n) is 2.70. The molecule has 0 unspecified atom stereocenters. The second kappa shape index (κ2) is 4.11. The molecule has 2 aromatic rings. The third-order valence-electron chi connectivity index (χ3n) is 1.71. The number of nitrogens with zero attached hydrogens (tertiary/aromatic N) is 2. The van der Waals surface area contributed by atoms with Gasteiger partial charge in [0.05, 0.1) is 18.7 Å². The van der Waals surface area contributed by atoms with Crippen LogP contribution in [0.15, 0.2) is 35.5 Å². The molecule has 2 aromatic heterocycles. The Labute approximate surface area is 85.9 Å². The average Bonchev–Trinajstić information content (AvgIpc) is 2.69. The summed E-state index contributed by atoms with van der Waals surface area (Å²) in [6.45, 7) is 0.632. The highest BCUT2D eigenvalue weighted by atomic mass is 35.5. The average molecular weight is 210 g/mol. The summed E-state index contributed by atoms with van der Waals surface area (Å²) in [5.74, 6) is 0.628. The minimum Gasteiger partial charge on any atom is -0.472 e. The first-order chi connectivity index (χ1) is 6.86. The summed E-state index contributed by atoms with van der Waals surface area (Å²) in [6.07, 6.45) is 6.29. The molecule has 5 heteroatoms. The van der Waals surface area contributed by atoms with Crippen molar-refractivity contribution >= 4 is 17.4 Å². The molecular formula is C9H8ClN3O. The van der Waals surface area contributed by atoms with Crippen molar-refractivity contribution in [2.75, 3.05) is 5.32 Å². The van der Waals surface area contributed by atoms with Gasteiger partial charge in [-0.1, -0.05) is 11.6 Å². The largest absolute Gasteiger partial charge is 0.472 e. The Kier molecular flexibility index (Phi) is 2.65. The summed E-state index contributed by atoms with van der Waals surface area (Å²) in [5.41, 5.74) is 1.04. The van der Waals surface area contributed by atoms with Crippen LogP contribution in [0.25, 0.3) is 0 Å². The first-order valence-electron chi connectivity index (χ1n) is 4.07. The van der Waals surface area contributed by atoms with Gasteiger partial charge < -0.3 is 9.73 Å². The first kappa shape index (κ1) is 9.02. The summed E-state index contributed by atoms with van der Waals surface area (Å²) in [6, 6.07) is 1.88. The van der Waals surface area contributed by atoms with Crippen LogP contribution in [-0.4, -0.2) is 9.97 Å². The van der Waals surface area contributed by atoms with Gasteiger partial charge in [-0.25, -0.2) is 9.97 Å². The monoisotopic (exact) mass is 209 g/mol. The molecule has 72 valence electrons. The van der Waals surface area contributed by atoms with Gasteiger partial charge in [-0.05, 0) is 6.07 Å². The van der Waals surface area contributed by atoms with Crippen molar-refractivity contribution in [1.29, 1.82) is 0 Å². The number of furan rings is 1. The van der Waals surface area contributed by atoms with Crippen LogP contribution in [0.1, 0.15) is 5.56 Å². The summed E-state index contributed by atoms with van der Waals surface area (Å²) < 4.78 is 4.93. The maximum Gasteiger partial charge on any atom is 0.148 e. The molecule has 2 rings (SSSR count). The predicted molar refractivity (Wildman–Crippen MR) is 53.1 cm³/mol. The fraction of sp³-hybridized carbons (Fsp3) is 0.111. The molecule has 0 radical (unpaired) electrons. The summed E-state index contributed by atoms with van der Waals surface area (Å²) in [5, 5.41) is 3.58. The van der Waals surface area contributed by atoms with Gasteiger partial charge in [0.2, 0.25) is 0 Å². The summed E-state index contributed by atoms with van der Waals surface area (Å²) in [7, 11) is 0. The van der Waals surface area contributed by atoms with Crippen LogP contribution in [0, 0.1) is 0 Å². The van der Waals surface area contributed by atoms with Gasteiger partial charge >= 0.3 is 0 Å². The zero-order valence-corrected chi connectivity index (χ0v) is 8.03. The molecule has 0 fully saturated rings. The molecule has 0 aromatic carbocycles. The molecule has 0 atom stereocenters. The van der Waals surface area contributed by atoms with E-state index in [9.17, 15) is 0 Å². The summed E-state index contributed by atoms with van der Waals surface area (Å²) >= 11 is 5.85. The van der Waals surface area contributed by atoms with E-state index in [0.717, 1.165) is 5.56 Å². The van der Waals surface area contributed by atoms with Crippen LogP contribution < -0.4 is 5.32 Å². The van der Waals surface area contributed by atoms with Gasteiger partial charge in [0.1, 0.15) is 17.2 Å². The van der Waals surface area contributed by atoms with Gasteiger partial charge in [-0.3, -0.25) is 0 Å². The van der Waals surface area contributed by atoms with E-state index in [1.807, 2.05) is 6.07 Å². The van der Waals surface area contributed by atoms with E-state index in [0.29, 0.717) is 17.4 Å². The molecule has 0 bridgehead atoms. The number of hydrogen-bond acceptors (Lipinski definition) is 4. The molecule has 0 aliphatic heterocycles. The molecule has 0 saturated carbocycles. The smallest absolute Gasteiger partial charge is 0.148 e. The fourth-order valence-electron chi connectivity index (χ4n) is 1.02. The van der Waals surface area contributed by atoms with Crippen LogP contribution in [0.4, 0.5) is 5.82 Å². The van der Waals surface area contributed by atoms with Crippen molar-refractivity contribution in [2.45, 2.75) is 6.54 Å². The highest BCUT2D eigenvalue weighted by molar-refractivity contribution is 6.32. The van der Waals surface area contributed by atoms with Gasteiger partial charge in [-0.2, -0.15) is 0 Å². The molecule has 1 N–H and O–H groups in total.